The van der Waals surface area contributed by atoms with Crippen molar-refractivity contribution in [2.45, 2.75) is 36.0 Å². The van der Waals surface area contributed by atoms with E-state index >= 15 is 0 Å². The maximum absolute atomic E-state index is 14.4. The maximum atomic E-state index is 14.4. The second kappa shape index (κ2) is 7.36. The molecule has 0 spiro atoms. The molecular formula is C18H19FO2S. The van der Waals surface area contributed by atoms with Crippen LogP contribution in [0.2, 0.25) is 0 Å². The summed E-state index contributed by atoms with van der Waals surface area (Å²) in [6.07, 6.45) is 3.90. The van der Waals surface area contributed by atoms with Crippen molar-refractivity contribution in [2.75, 3.05) is 0 Å². The lowest BCUT2D eigenvalue weighted by Crippen LogP contribution is -2.04. The first-order valence-corrected chi connectivity index (χ1v) is 8.81. The van der Waals surface area contributed by atoms with Gasteiger partial charge in [0.05, 0.1) is 9.79 Å². The lowest BCUT2D eigenvalue weighted by molar-refractivity contribution is 0.595. The van der Waals surface area contributed by atoms with Crippen molar-refractivity contribution in [3.8, 4) is 0 Å². The van der Waals surface area contributed by atoms with Crippen LogP contribution in [0.1, 0.15) is 31.7 Å². The van der Waals surface area contributed by atoms with Crippen LogP contribution in [0.3, 0.4) is 0 Å². The average molecular weight is 318 g/mol. The van der Waals surface area contributed by atoms with Crippen LogP contribution in [0.5, 0.6) is 0 Å². The zero-order valence-electron chi connectivity index (χ0n) is 12.5. The highest BCUT2D eigenvalue weighted by Crippen LogP contribution is 2.29. The molecule has 4 heteroatoms. The van der Waals surface area contributed by atoms with Crippen LogP contribution in [0.15, 0.2) is 70.5 Å². The molecule has 0 atom stereocenters. The summed E-state index contributed by atoms with van der Waals surface area (Å²) >= 11 is 0. The van der Waals surface area contributed by atoms with Crippen molar-refractivity contribution >= 4 is 15.7 Å². The SMILES string of the molecule is CCCC/C=C(/F)c1ccccc1S(=O)(=O)c1ccccc1. The van der Waals surface area contributed by atoms with Gasteiger partial charge in [0, 0.05) is 5.56 Å². The van der Waals surface area contributed by atoms with E-state index in [4.69, 9.17) is 0 Å². The molecule has 0 bridgehead atoms. The zero-order valence-corrected chi connectivity index (χ0v) is 13.3. The largest absolute Gasteiger partial charge is 0.218 e. The number of allylic oxidation sites excluding steroid dienone is 1. The van der Waals surface area contributed by atoms with Crippen LogP contribution in [-0.4, -0.2) is 8.42 Å². The molecule has 0 aliphatic carbocycles. The van der Waals surface area contributed by atoms with E-state index in [1.54, 1.807) is 30.3 Å². The Balaban J connectivity index is 2.47. The van der Waals surface area contributed by atoms with E-state index in [0.29, 0.717) is 6.42 Å². The number of unbranched alkanes of at least 4 members (excludes halogenated alkanes) is 2. The molecule has 116 valence electrons. The van der Waals surface area contributed by atoms with E-state index in [-0.39, 0.29) is 15.4 Å². The molecule has 0 unspecified atom stereocenters. The lowest BCUT2D eigenvalue weighted by Gasteiger charge is -2.09. The number of hydrogen-bond acceptors (Lipinski definition) is 2. The fourth-order valence-corrected chi connectivity index (χ4v) is 3.65. The normalized spacial score (nSPS) is 12.4. The number of halogens is 1. The van der Waals surface area contributed by atoms with Crippen molar-refractivity contribution in [2.24, 2.45) is 0 Å². The summed E-state index contributed by atoms with van der Waals surface area (Å²) in [5.41, 5.74) is 0.127. The summed E-state index contributed by atoms with van der Waals surface area (Å²) in [6, 6.07) is 14.3. The van der Waals surface area contributed by atoms with Gasteiger partial charge in [-0.25, -0.2) is 12.8 Å². The molecule has 0 aliphatic rings. The molecule has 0 aromatic heterocycles. The Labute approximate surface area is 131 Å². The Hall–Kier alpha value is -1.94. The van der Waals surface area contributed by atoms with Crippen LogP contribution < -0.4 is 0 Å². The quantitative estimate of drug-likeness (QED) is 0.701. The molecule has 0 N–H and O–H groups in total. The van der Waals surface area contributed by atoms with Gasteiger partial charge >= 0.3 is 0 Å². The Morgan fingerprint density at radius 3 is 2.36 bits per heavy atom. The average Bonchev–Trinajstić information content (AvgIpc) is 2.56. The first-order valence-electron chi connectivity index (χ1n) is 7.32. The standard InChI is InChI=1S/C18H19FO2S/c1-2-3-5-13-17(19)16-12-8-9-14-18(16)22(20,21)15-10-6-4-7-11-15/h4,6-14H,2-3,5H2,1H3/b17-13+. The van der Waals surface area contributed by atoms with Gasteiger partial charge in [-0.2, -0.15) is 0 Å². The van der Waals surface area contributed by atoms with E-state index in [2.05, 4.69) is 0 Å². The van der Waals surface area contributed by atoms with Crippen molar-refractivity contribution in [3.63, 3.8) is 0 Å². The summed E-state index contributed by atoms with van der Waals surface area (Å²) in [4.78, 5) is 0.176. The zero-order chi connectivity index (χ0) is 16.0. The van der Waals surface area contributed by atoms with E-state index < -0.39 is 15.7 Å². The van der Waals surface area contributed by atoms with Crippen LogP contribution in [0.4, 0.5) is 4.39 Å². The molecule has 0 heterocycles. The molecule has 0 saturated carbocycles. The summed E-state index contributed by atoms with van der Waals surface area (Å²) in [5, 5.41) is 0. The number of sulfone groups is 1. The van der Waals surface area contributed by atoms with Crippen molar-refractivity contribution in [3.05, 3.63) is 66.2 Å². The number of benzene rings is 2. The highest BCUT2D eigenvalue weighted by molar-refractivity contribution is 7.91. The molecule has 2 aromatic carbocycles. The molecule has 22 heavy (non-hydrogen) atoms. The second-order valence-corrected chi connectivity index (χ2v) is 6.93. The summed E-state index contributed by atoms with van der Waals surface area (Å²) in [6.45, 7) is 2.03. The first kappa shape index (κ1) is 16.4. The fourth-order valence-electron chi connectivity index (χ4n) is 2.17. The van der Waals surface area contributed by atoms with Crippen LogP contribution in [-0.2, 0) is 9.84 Å². The highest BCUT2D eigenvalue weighted by atomic mass is 32.2. The van der Waals surface area contributed by atoms with Gasteiger partial charge in [-0.3, -0.25) is 0 Å². The van der Waals surface area contributed by atoms with E-state index in [0.717, 1.165) is 12.8 Å². The molecular weight excluding hydrogens is 299 g/mol. The summed E-state index contributed by atoms with van der Waals surface area (Å²) < 4.78 is 39.8. The molecule has 2 aromatic rings. The predicted octanol–water partition coefficient (Wildman–Crippen LogP) is 5.02. The van der Waals surface area contributed by atoms with Gasteiger partial charge < -0.3 is 0 Å². The Morgan fingerprint density at radius 1 is 1.05 bits per heavy atom. The third kappa shape index (κ3) is 3.63. The molecule has 0 fully saturated rings. The Morgan fingerprint density at radius 2 is 1.68 bits per heavy atom. The summed E-state index contributed by atoms with van der Waals surface area (Å²) in [5.74, 6) is -0.483. The number of rotatable bonds is 6. The fraction of sp³-hybridized carbons (Fsp3) is 0.222. The van der Waals surface area contributed by atoms with E-state index in [1.807, 2.05) is 6.92 Å². The van der Waals surface area contributed by atoms with E-state index in [9.17, 15) is 12.8 Å². The van der Waals surface area contributed by atoms with E-state index in [1.165, 1.54) is 30.3 Å². The molecule has 2 rings (SSSR count). The van der Waals surface area contributed by atoms with Crippen LogP contribution in [0.25, 0.3) is 5.83 Å². The predicted molar refractivity (Wildman–Crippen MR) is 86.9 cm³/mol. The van der Waals surface area contributed by atoms with Gasteiger partial charge in [0.25, 0.3) is 0 Å². The van der Waals surface area contributed by atoms with Crippen molar-refractivity contribution in [1.29, 1.82) is 0 Å². The molecule has 0 amide bonds. The third-order valence-corrected chi connectivity index (χ3v) is 5.20. The first-order chi connectivity index (χ1) is 10.6. The minimum atomic E-state index is -3.73. The smallest absolute Gasteiger partial charge is 0.207 e. The second-order valence-electron chi connectivity index (χ2n) is 5.01. The molecule has 0 aliphatic heterocycles. The topological polar surface area (TPSA) is 34.1 Å². The van der Waals surface area contributed by atoms with Crippen LogP contribution >= 0.6 is 0 Å². The van der Waals surface area contributed by atoms with Gasteiger partial charge in [-0.1, -0.05) is 49.7 Å². The Bertz CT molecular complexity index is 750. The minimum absolute atomic E-state index is 0.00597. The number of hydrogen-bond donors (Lipinski definition) is 0. The Kier molecular flexibility index (Phi) is 5.50. The van der Waals surface area contributed by atoms with Gasteiger partial charge in [0.2, 0.25) is 9.84 Å². The minimum Gasteiger partial charge on any atom is -0.218 e. The van der Waals surface area contributed by atoms with Crippen molar-refractivity contribution < 1.29 is 12.8 Å². The molecule has 0 saturated heterocycles. The van der Waals surface area contributed by atoms with Gasteiger partial charge in [-0.15, -0.1) is 0 Å². The van der Waals surface area contributed by atoms with Crippen molar-refractivity contribution in [1.82, 2.24) is 0 Å². The maximum Gasteiger partial charge on any atom is 0.207 e. The molecule has 0 radical (unpaired) electrons. The molecule has 2 nitrogen and oxygen atoms in total. The lowest BCUT2D eigenvalue weighted by atomic mass is 10.1. The summed E-state index contributed by atoms with van der Waals surface area (Å²) in [7, 11) is -3.73. The van der Waals surface area contributed by atoms with Gasteiger partial charge in [0.15, 0.2) is 0 Å². The monoisotopic (exact) mass is 318 g/mol. The third-order valence-electron chi connectivity index (χ3n) is 3.37. The van der Waals surface area contributed by atoms with Gasteiger partial charge in [0.1, 0.15) is 5.83 Å². The highest BCUT2D eigenvalue weighted by Gasteiger charge is 2.22. The van der Waals surface area contributed by atoms with Crippen LogP contribution in [0, 0.1) is 0 Å². The van der Waals surface area contributed by atoms with Gasteiger partial charge in [-0.05, 0) is 37.1 Å².